The normalized spacial score (nSPS) is 12.0. The van der Waals surface area contributed by atoms with Gasteiger partial charge in [-0.25, -0.2) is 0 Å². The summed E-state index contributed by atoms with van der Waals surface area (Å²) >= 11 is 0. The number of guanidine groups is 1. The van der Waals surface area contributed by atoms with Gasteiger partial charge >= 0.3 is 0 Å². The summed E-state index contributed by atoms with van der Waals surface area (Å²) in [5.41, 5.74) is 1.28. The topological polar surface area (TPSA) is 35.8 Å². The van der Waals surface area contributed by atoms with Crippen molar-refractivity contribution in [3.8, 4) is 0 Å². The molecule has 1 aromatic rings. The molecule has 5 nitrogen and oxygen atoms in total. The smallest absolute Gasteiger partial charge is 0.193 e. The Labute approximate surface area is 129 Å². The lowest BCUT2D eigenvalue weighted by atomic mass is 10.4. The quantitative estimate of drug-likeness (QED) is 0.586. The van der Waals surface area contributed by atoms with Crippen molar-refractivity contribution in [1.29, 1.82) is 0 Å². The third kappa shape index (κ3) is 5.79. The van der Waals surface area contributed by atoms with Crippen LogP contribution in [0.15, 0.2) is 23.3 Å². The summed E-state index contributed by atoms with van der Waals surface area (Å²) in [6, 6.07) is 4.22. The fourth-order valence-electron chi connectivity index (χ4n) is 2.43. The van der Waals surface area contributed by atoms with Gasteiger partial charge in [0, 0.05) is 46.1 Å². The first-order valence-corrected chi connectivity index (χ1v) is 7.86. The average Bonchev–Trinajstić information content (AvgIpc) is 2.87. The van der Waals surface area contributed by atoms with E-state index in [0.29, 0.717) is 0 Å². The summed E-state index contributed by atoms with van der Waals surface area (Å²) in [6.45, 7) is 9.55. The van der Waals surface area contributed by atoms with E-state index in [9.17, 15) is 0 Å². The number of aliphatic imine (C=N–C) groups is 1. The van der Waals surface area contributed by atoms with E-state index in [1.165, 1.54) is 12.1 Å². The first-order chi connectivity index (χ1) is 10.1. The molecule has 1 rings (SSSR count). The predicted molar refractivity (Wildman–Crippen MR) is 90.6 cm³/mol. The van der Waals surface area contributed by atoms with Crippen LogP contribution in [0.2, 0.25) is 0 Å². The minimum atomic E-state index is 0.857. The molecule has 1 aromatic heterocycles. The van der Waals surface area contributed by atoms with Crippen LogP contribution in [0.1, 0.15) is 26.0 Å². The van der Waals surface area contributed by atoms with Gasteiger partial charge in [-0.05, 0) is 31.6 Å². The summed E-state index contributed by atoms with van der Waals surface area (Å²) in [4.78, 5) is 8.98. The van der Waals surface area contributed by atoms with Crippen LogP contribution in [0, 0.1) is 0 Å². The molecule has 0 aliphatic carbocycles. The second kappa shape index (κ2) is 9.45. The molecule has 0 atom stereocenters. The van der Waals surface area contributed by atoms with Crippen molar-refractivity contribution in [2.24, 2.45) is 12.0 Å². The van der Waals surface area contributed by atoms with Crippen molar-refractivity contribution in [1.82, 2.24) is 19.7 Å². The second-order valence-electron chi connectivity index (χ2n) is 5.37. The minimum absolute atomic E-state index is 0.857. The van der Waals surface area contributed by atoms with Crippen molar-refractivity contribution in [3.05, 3.63) is 24.0 Å². The molecule has 0 aromatic carbocycles. The van der Waals surface area contributed by atoms with Crippen molar-refractivity contribution in [2.75, 3.05) is 40.3 Å². The van der Waals surface area contributed by atoms with Crippen LogP contribution in [0.5, 0.6) is 0 Å². The average molecular weight is 293 g/mol. The molecule has 1 N–H and O–H groups in total. The number of hydrogen-bond acceptors (Lipinski definition) is 2. The van der Waals surface area contributed by atoms with Gasteiger partial charge in [0.15, 0.2) is 5.96 Å². The zero-order chi connectivity index (χ0) is 15.7. The number of nitrogens with one attached hydrogen (secondary N) is 1. The summed E-state index contributed by atoms with van der Waals surface area (Å²) in [5, 5.41) is 3.45. The SMILES string of the molecule is CCCN(CC)CCNC(=NC)N(C)Cc1cccn1C. The van der Waals surface area contributed by atoms with Crippen molar-refractivity contribution >= 4 is 5.96 Å². The van der Waals surface area contributed by atoms with E-state index in [0.717, 1.165) is 38.7 Å². The Morgan fingerprint density at radius 2 is 2.10 bits per heavy atom. The van der Waals surface area contributed by atoms with Gasteiger partial charge in [-0.1, -0.05) is 13.8 Å². The van der Waals surface area contributed by atoms with Crippen LogP contribution in [0.3, 0.4) is 0 Å². The van der Waals surface area contributed by atoms with E-state index in [1.807, 2.05) is 7.05 Å². The Balaban J connectivity index is 2.42. The van der Waals surface area contributed by atoms with Crippen molar-refractivity contribution in [2.45, 2.75) is 26.8 Å². The van der Waals surface area contributed by atoms with Gasteiger partial charge in [-0.15, -0.1) is 0 Å². The van der Waals surface area contributed by atoms with E-state index in [2.05, 4.69) is 70.9 Å². The van der Waals surface area contributed by atoms with E-state index < -0.39 is 0 Å². The van der Waals surface area contributed by atoms with Crippen LogP contribution < -0.4 is 5.32 Å². The van der Waals surface area contributed by atoms with Gasteiger partial charge in [-0.2, -0.15) is 0 Å². The third-order valence-corrected chi connectivity index (χ3v) is 3.72. The fourth-order valence-corrected chi connectivity index (χ4v) is 2.43. The molecule has 0 fully saturated rings. The van der Waals surface area contributed by atoms with Gasteiger partial charge in [0.2, 0.25) is 0 Å². The lowest BCUT2D eigenvalue weighted by Crippen LogP contribution is -2.42. The zero-order valence-corrected chi connectivity index (χ0v) is 14.3. The molecule has 0 saturated heterocycles. The van der Waals surface area contributed by atoms with Gasteiger partial charge in [0.25, 0.3) is 0 Å². The Kier molecular flexibility index (Phi) is 7.90. The lowest BCUT2D eigenvalue weighted by molar-refractivity contribution is 0.291. The molecule has 0 saturated carbocycles. The van der Waals surface area contributed by atoms with Crippen LogP contribution in [0.25, 0.3) is 0 Å². The molecule has 0 bridgehead atoms. The molecule has 0 radical (unpaired) electrons. The highest BCUT2D eigenvalue weighted by Crippen LogP contribution is 2.03. The second-order valence-corrected chi connectivity index (χ2v) is 5.37. The maximum absolute atomic E-state index is 4.37. The molecule has 0 unspecified atom stereocenters. The number of hydrogen-bond donors (Lipinski definition) is 1. The van der Waals surface area contributed by atoms with Crippen molar-refractivity contribution < 1.29 is 0 Å². The summed E-state index contributed by atoms with van der Waals surface area (Å²) in [7, 11) is 5.99. The third-order valence-electron chi connectivity index (χ3n) is 3.72. The van der Waals surface area contributed by atoms with E-state index >= 15 is 0 Å². The Morgan fingerprint density at radius 1 is 1.33 bits per heavy atom. The molecule has 0 aliphatic heterocycles. The first-order valence-electron chi connectivity index (χ1n) is 7.86. The molecule has 0 amide bonds. The van der Waals surface area contributed by atoms with Crippen molar-refractivity contribution in [3.63, 3.8) is 0 Å². The highest BCUT2D eigenvalue weighted by molar-refractivity contribution is 5.79. The molecule has 0 aliphatic rings. The van der Waals surface area contributed by atoms with Gasteiger partial charge in [-0.3, -0.25) is 4.99 Å². The largest absolute Gasteiger partial charge is 0.355 e. The molecule has 0 spiro atoms. The minimum Gasteiger partial charge on any atom is -0.355 e. The fraction of sp³-hybridized carbons (Fsp3) is 0.688. The lowest BCUT2D eigenvalue weighted by Gasteiger charge is -2.24. The van der Waals surface area contributed by atoms with E-state index in [-0.39, 0.29) is 0 Å². The predicted octanol–water partition coefficient (Wildman–Crippen LogP) is 1.76. The van der Waals surface area contributed by atoms with Gasteiger partial charge in [0.05, 0.1) is 6.54 Å². The van der Waals surface area contributed by atoms with Crippen LogP contribution >= 0.6 is 0 Å². The standard InChI is InChI=1S/C16H31N5/c1-6-11-21(7-2)13-10-18-16(17-3)20(5)14-15-9-8-12-19(15)4/h8-9,12H,6-7,10-11,13-14H2,1-5H3,(H,17,18). The maximum atomic E-state index is 4.37. The number of aryl methyl sites for hydroxylation is 1. The summed E-state index contributed by atoms with van der Waals surface area (Å²) < 4.78 is 2.14. The van der Waals surface area contributed by atoms with Crippen LogP contribution in [-0.4, -0.2) is 60.6 Å². The highest BCUT2D eigenvalue weighted by Gasteiger charge is 2.08. The monoisotopic (exact) mass is 293 g/mol. The Morgan fingerprint density at radius 3 is 2.62 bits per heavy atom. The van der Waals surface area contributed by atoms with E-state index in [1.54, 1.807) is 0 Å². The summed E-state index contributed by atoms with van der Waals surface area (Å²) in [6.07, 6.45) is 3.28. The number of nitrogens with zero attached hydrogens (tertiary/aromatic N) is 4. The van der Waals surface area contributed by atoms with Gasteiger partial charge < -0.3 is 19.7 Å². The molecule has 1 heterocycles. The Bertz CT molecular complexity index is 424. The molecular formula is C16H31N5. The molecule has 21 heavy (non-hydrogen) atoms. The zero-order valence-electron chi connectivity index (χ0n) is 14.3. The number of likely N-dealkylation sites (N-methyl/N-ethyl adjacent to an activating group) is 1. The number of rotatable bonds is 8. The van der Waals surface area contributed by atoms with Crippen LogP contribution in [0.4, 0.5) is 0 Å². The Hall–Kier alpha value is -1.49. The highest BCUT2D eigenvalue weighted by atomic mass is 15.3. The van der Waals surface area contributed by atoms with E-state index in [4.69, 9.17) is 0 Å². The van der Waals surface area contributed by atoms with Crippen LogP contribution in [-0.2, 0) is 13.6 Å². The first kappa shape index (κ1) is 17.6. The molecule has 120 valence electrons. The molecule has 5 heteroatoms. The summed E-state index contributed by atoms with van der Waals surface area (Å²) in [5.74, 6) is 0.948. The maximum Gasteiger partial charge on any atom is 0.193 e. The molecular weight excluding hydrogens is 262 g/mol. The number of aromatic nitrogens is 1. The van der Waals surface area contributed by atoms with Gasteiger partial charge in [0.1, 0.15) is 0 Å².